The average Bonchev–Trinajstić information content (AvgIpc) is 3.69. The Balaban J connectivity index is 0.962. The summed E-state index contributed by atoms with van der Waals surface area (Å²) in [5.74, 6) is 3.12. The number of piperidine rings is 1. The SMILES string of the molecule is c1c[nH]c(CN(CC2=NCCN2)[C@H]2CC[C@@H](CN3CCC4(CCN(C5CCCCC5)CC4)C3)CC2)n1. The smallest absolute Gasteiger partial charge is 0.120 e. The largest absolute Gasteiger partial charge is 0.371 e. The van der Waals surface area contributed by atoms with Crippen molar-refractivity contribution in [3.05, 3.63) is 18.2 Å². The molecule has 0 amide bonds. The van der Waals surface area contributed by atoms with Crippen LogP contribution in [-0.4, -0.2) is 94.9 Å². The van der Waals surface area contributed by atoms with Crippen LogP contribution in [0.5, 0.6) is 0 Å². The molecule has 1 aromatic rings. The van der Waals surface area contributed by atoms with Gasteiger partial charge in [0.15, 0.2) is 0 Å². The Labute approximate surface area is 218 Å². The lowest BCUT2D eigenvalue weighted by molar-refractivity contribution is 0.0594. The number of nitrogens with zero attached hydrogens (tertiary/aromatic N) is 5. The highest BCUT2D eigenvalue weighted by atomic mass is 15.2. The first-order chi connectivity index (χ1) is 17.7. The number of aromatic amines is 1. The minimum atomic E-state index is 0.636. The zero-order valence-corrected chi connectivity index (χ0v) is 22.5. The van der Waals surface area contributed by atoms with Crippen molar-refractivity contribution in [2.75, 3.05) is 52.4 Å². The topological polar surface area (TPSA) is 62.8 Å². The zero-order chi connectivity index (χ0) is 24.2. The fourth-order valence-electron chi connectivity index (χ4n) is 8.10. The first-order valence-electron chi connectivity index (χ1n) is 15.2. The molecular weight excluding hydrogens is 446 g/mol. The molecule has 2 saturated carbocycles. The minimum Gasteiger partial charge on any atom is -0.371 e. The van der Waals surface area contributed by atoms with Crippen LogP contribution in [0.1, 0.15) is 82.9 Å². The Bertz CT molecular complexity index is 830. The van der Waals surface area contributed by atoms with Gasteiger partial charge in [0.1, 0.15) is 11.7 Å². The van der Waals surface area contributed by atoms with Crippen LogP contribution >= 0.6 is 0 Å². The summed E-state index contributed by atoms with van der Waals surface area (Å²) in [7, 11) is 0. The third kappa shape index (κ3) is 5.99. The van der Waals surface area contributed by atoms with Gasteiger partial charge in [-0.15, -0.1) is 0 Å². The van der Waals surface area contributed by atoms with Crippen molar-refractivity contribution in [3.8, 4) is 0 Å². The molecule has 7 heteroatoms. The minimum absolute atomic E-state index is 0.636. The number of amidine groups is 1. The molecule has 3 aliphatic heterocycles. The van der Waals surface area contributed by atoms with Crippen molar-refractivity contribution in [1.82, 2.24) is 30.0 Å². The molecule has 36 heavy (non-hydrogen) atoms. The molecule has 0 aromatic carbocycles. The van der Waals surface area contributed by atoms with Gasteiger partial charge in [-0.3, -0.25) is 9.89 Å². The maximum atomic E-state index is 4.68. The molecule has 1 aromatic heterocycles. The van der Waals surface area contributed by atoms with Gasteiger partial charge in [-0.2, -0.15) is 0 Å². The van der Waals surface area contributed by atoms with E-state index >= 15 is 0 Å². The second kappa shape index (κ2) is 11.5. The number of nitrogens with one attached hydrogen (secondary N) is 2. The fraction of sp³-hybridized carbons (Fsp3) is 0.862. The van der Waals surface area contributed by atoms with Crippen molar-refractivity contribution in [2.45, 2.75) is 95.7 Å². The lowest BCUT2D eigenvalue weighted by Gasteiger charge is -2.44. The van der Waals surface area contributed by atoms with Crippen molar-refractivity contribution in [3.63, 3.8) is 0 Å². The van der Waals surface area contributed by atoms with E-state index in [-0.39, 0.29) is 0 Å². The van der Waals surface area contributed by atoms with Gasteiger partial charge in [-0.25, -0.2) is 4.98 Å². The monoisotopic (exact) mass is 495 g/mol. The summed E-state index contributed by atoms with van der Waals surface area (Å²) in [5.41, 5.74) is 0.636. The third-order valence-electron chi connectivity index (χ3n) is 10.3. The summed E-state index contributed by atoms with van der Waals surface area (Å²) in [6.45, 7) is 10.6. The number of hydrogen-bond donors (Lipinski definition) is 2. The molecule has 4 fully saturated rings. The lowest BCUT2D eigenvalue weighted by Crippen LogP contribution is -2.47. The van der Waals surface area contributed by atoms with E-state index < -0.39 is 0 Å². The molecule has 0 unspecified atom stereocenters. The van der Waals surface area contributed by atoms with E-state index in [9.17, 15) is 0 Å². The van der Waals surface area contributed by atoms with Crippen LogP contribution in [0.4, 0.5) is 0 Å². The number of H-pyrrole nitrogens is 1. The van der Waals surface area contributed by atoms with Crippen molar-refractivity contribution < 1.29 is 0 Å². The molecular formula is C29H49N7. The lowest BCUT2D eigenvalue weighted by atomic mass is 9.77. The summed E-state index contributed by atoms with van der Waals surface area (Å²) >= 11 is 0. The molecule has 2 saturated heterocycles. The number of aromatic nitrogens is 2. The number of rotatable bonds is 8. The molecule has 0 radical (unpaired) electrons. The fourth-order valence-corrected chi connectivity index (χ4v) is 8.10. The van der Waals surface area contributed by atoms with Gasteiger partial charge in [0.05, 0.1) is 19.6 Å². The number of likely N-dealkylation sites (tertiary alicyclic amines) is 2. The third-order valence-corrected chi connectivity index (χ3v) is 10.3. The van der Waals surface area contributed by atoms with E-state index in [2.05, 4.69) is 35.0 Å². The average molecular weight is 496 g/mol. The molecule has 4 heterocycles. The Morgan fingerprint density at radius 3 is 2.47 bits per heavy atom. The zero-order valence-electron chi connectivity index (χ0n) is 22.5. The standard InChI is InChI=1S/C29H49N7/c1-2-4-25(5-3-1)35-18-11-29(12-19-35)10-17-34(23-29)20-24-6-8-26(9-7-24)36(21-27-30-13-14-31-27)22-28-32-15-16-33-28/h13-14,24-26H,1-12,15-23H2,(H,30,31)(H,32,33)/t24-,26+. The Morgan fingerprint density at radius 2 is 1.75 bits per heavy atom. The van der Waals surface area contributed by atoms with Gasteiger partial charge in [0.25, 0.3) is 0 Å². The van der Waals surface area contributed by atoms with E-state index in [1.165, 1.54) is 116 Å². The van der Waals surface area contributed by atoms with Crippen LogP contribution in [0, 0.1) is 11.3 Å². The van der Waals surface area contributed by atoms with Gasteiger partial charge in [0.2, 0.25) is 0 Å². The summed E-state index contributed by atoms with van der Waals surface area (Å²) in [5, 5.41) is 3.48. The highest BCUT2D eigenvalue weighted by Crippen LogP contribution is 2.42. The molecule has 2 N–H and O–H groups in total. The summed E-state index contributed by atoms with van der Waals surface area (Å²) in [6.07, 6.45) is 20.9. The highest BCUT2D eigenvalue weighted by Gasteiger charge is 2.42. The Morgan fingerprint density at radius 1 is 0.944 bits per heavy atom. The molecule has 0 atom stereocenters. The summed E-state index contributed by atoms with van der Waals surface area (Å²) in [6, 6.07) is 1.55. The van der Waals surface area contributed by atoms with Gasteiger partial charge in [-0.1, -0.05) is 19.3 Å². The van der Waals surface area contributed by atoms with Crippen molar-refractivity contribution >= 4 is 5.84 Å². The highest BCUT2D eigenvalue weighted by molar-refractivity contribution is 5.85. The summed E-state index contributed by atoms with van der Waals surface area (Å²) in [4.78, 5) is 20.9. The maximum absolute atomic E-state index is 4.68. The predicted octanol–water partition coefficient (Wildman–Crippen LogP) is 3.89. The van der Waals surface area contributed by atoms with E-state index in [0.717, 1.165) is 44.0 Å². The molecule has 6 rings (SSSR count). The molecule has 0 bridgehead atoms. The predicted molar refractivity (Wildman–Crippen MR) is 146 cm³/mol. The van der Waals surface area contributed by atoms with Crippen LogP contribution in [0.25, 0.3) is 0 Å². The normalized spacial score (nSPS) is 30.2. The Kier molecular flexibility index (Phi) is 7.96. The number of imidazole rings is 1. The van der Waals surface area contributed by atoms with E-state index in [4.69, 9.17) is 0 Å². The molecule has 5 aliphatic rings. The van der Waals surface area contributed by atoms with E-state index in [1.54, 1.807) is 0 Å². The Hall–Kier alpha value is -1.44. The number of aliphatic imine (C=N–C) groups is 1. The molecule has 7 nitrogen and oxygen atoms in total. The first kappa shape index (κ1) is 24.9. The van der Waals surface area contributed by atoms with Crippen LogP contribution in [-0.2, 0) is 6.54 Å². The van der Waals surface area contributed by atoms with Crippen LogP contribution < -0.4 is 5.32 Å². The van der Waals surface area contributed by atoms with Crippen molar-refractivity contribution in [2.24, 2.45) is 16.3 Å². The van der Waals surface area contributed by atoms with Gasteiger partial charge >= 0.3 is 0 Å². The summed E-state index contributed by atoms with van der Waals surface area (Å²) < 4.78 is 0. The first-order valence-corrected chi connectivity index (χ1v) is 15.2. The van der Waals surface area contributed by atoms with Crippen LogP contribution in [0.2, 0.25) is 0 Å². The van der Waals surface area contributed by atoms with Crippen LogP contribution in [0.15, 0.2) is 17.4 Å². The molecule has 1 spiro atoms. The van der Waals surface area contributed by atoms with Gasteiger partial charge in [0, 0.05) is 44.1 Å². The van der Waals surface area contributed by atoms with Crippen molar-refractivity contribution in [1.29, 1.82) is 0 Å². The molecule has 2 aliphatic carbocycles. The van der Waals surface area contributed by atoms with Gasteiger partial charge in [-0.05, 0) is 88.8 Å². The van der Waals surface area contributed by atoms with Gasteiger partial charge < -0.3 is 20.1 Å². The maximum Gasteiger partial charge on any atom is 0.120 e. The van der Waals surface area contributed by atoms with E-state index in [1.807, 2.05) is 12.4 Å². The second-order valence-electron chi connectivity index (χ2n) is 12.7. The second-order valence-corrected chi connectivity index (χ2v) is 12.7. The van der Waals surface area contributed by atoms with E-state index in [0.29, 0.717) is 11.5 Å². The molecule has 200 valence electrons. The number of hydrogen-bond acceptors (Lipinski definition) is 6. The van der Waals surface area contributed by atoms with Crippen LogP contribution in [0.3, 0.4) is 0 Å². The quantitative estimate of drug-likeness (QED) is 0.573.